The molecule has 24 heavy (non-hydrogen) atoms. The lowest BCUT2D eigenvalue weighted by Gasteiger charge is -2.21. The summed E-state index contributed by atoms with van der Waals surface area (Å²) in [7, 11) is 0. The molecule has 0 fully saturated rings. The van der Waals surface area contributed by atoms with Gasteiger partial charge in [-0.25, -0.2) is 0 Å². The second kappa shape index (κ2) is 6.21. The molecule has 0 spiro atoms. The molecule has 0 radical (unpaired) electrons. The predicted octanol–water partition coefficient (Wildman–Crippen LogP) is 5.73. The van der Waals surface area contributed by atoms with Crippen LogP contribution in [0, 0.1) is 0 Å². The number of phenolic OH excluding ortho intramolecular Hbond substituents is 1. The molecule has 0 bridgehead atoms. The van der Waals surface area contributed by atoms with Gasteiger partial charge in [-0.2, -0.15) is 0 Å². The number of fused-ring (bicyclic) bond motifs is 1. The van der Waals surface area contributed by atoms with Gasteiger partial charge in [0.15, 0.2) is 0 Å². The van der Waals surface area contributed by atoms with E-state index in [0.29, 0.717) is 5.75 Å². The normalized spacial score (nSPS) is 11.0. The molecule has 0 aliphatic rings. The van der Waals surface area contributed by atoms with Gasteiger partial charge in [0, 0.05) is 5.92 Å². The summed E-state index contributed by atoms with van der Waals surface area (Å²) in [5.74, 6) is 0.393. The molecule has 0 aliphatic heterocycles. The van der Waals surface area contributed by atoms with E-state index in [0.717, 1.165) is 10.9 Å². The zero-order valence-corrected chi connectivity index (χ0v) is 13.3. The Labute approximate surface area is 141 Å². The third-order valence-electron chi connectivity index (χ3n) is 4.46. The first-order chi connectivity index (χ1) is 11.8. The zero-order chi connectivity index (χ0) is 16.4. The van der Waals surface area contributed by atoms with Crippen molar-refractivity contribution in [2.45, 2.75) is 5.92 Å². The van der Waals surface area contributed by atoms with Gasteiger partial charge in [0.2, 0.25) is 0 Å². The number of rotatable bonds is 3. The molecule has 1 N–H and O–H groups in total. The van der Waals surface area contributed by atoms with Gasteiger partial charge in [-0.15, -0.1) is 0 Å². The van der Waals surface area contributed by atoms with Gasteiger partial charge < -0.3 is 5.11 Å². The lowest BCUT2D eigenvalue weighted by atomic mass is 9.83. The van der Waals surface area contributed by atoms with Crippen LogP contribution in [0.5, 0.6) is 5.75 Å². The fraction of sp³-hybridized carbons (Fsp3) is 0.0435. The van der Waals surface area contributed by atoms with Gasteiger partial charge in [-0.3, -0.25) is 0 Å². The van der Waals surface area contributed by atoms with Gasteiger partial charge >= 0.3 is 0 Å². The summed E-state index contributed by atoms with van der Waals surface area (Å²) in [5.41, 5.74) is 3.57. The van der Waals surface area contributed by atoms with Crippen LogP contribution in [0.4, 0.5) is 0 Å². The van der Waals surface area contributed by atoms with Crippen molar-refractivity contribution in [2.24, 2.45) is 0 Å². The van der Waals surface area contributed by atoms with Gasteiger partial charge in [0.05, 0.1) is 0 Å². The Morgan fingerprint density at radius 2 is 1.12 bits per heavy atom. The molecule has 0 saturated carbocycles. The van der Waals surface area contributed by atoms with E-state index in [9.17, 15) is 5.11 Å². The highest BCUT2D eigenvalue weighted by atomic mass is 16.3. The number of phenols is 1. The van der Waals surface area contributed by atoms with E-state index in [1.54, 1.807) is 0 Å². The summed E-state index contributed by atoms with van der Waals surface area (Å²) in [6.45, 7) is 0. The second-order valence-corrected chi connectivity index (χ2v) is 6.01. The summed E-state index contributed by atoms with van der Waals surface area (Å²) < 4.78 is 0. The lowest BCUT2D eigenvalue weighted by molar-refractivity contribution is 0.475. The smallest absolute Gasteiger partial charge is 0.116 e. The minimum Gasteiger partial charge on any atom is -0.508 e. The Bertz CT molecular complexity index is 919. The van der Waals surface area contributed by atoms with E-state index in [4.69, 9.17) is 0 Å². The molecule has 4 aromatic carbocycles. The highest BCUT2D eigenvalue weighted by molar-refractivity contribution is 5.88. The highest BCUT2D eigenvalue weighted by Gasteiger charge is 2.19. The molecule has 116 valence electrons. The monoisotopic (exact) mass is 310 g/mol. The van der Waals surface area contributed by atoms with Crippen molar-refractivity contribution in [1.29, 1.82) is 0 Å². The maximum Gasteiger partial charge on any atom is 0.116 e. The Morgan fingerprint density at radius 1 is 0.583 bits per heavy atom. The minimum absolute atomic E-state index is 0.0874. The molecule has 0 saturated heterocycles. The number of aromatic hydroxyl groups is 1. The quantitative estimate of drug-likeness (QED) is 0.479. The van der Waals surface area contributed by atoms with Crippen LogP contribution in [0.25, 0.3) is 10.8 Å². The lowest BCUT2D eigenvalue weighted by Crippen LogP contribution is -2.04. The molecular weight excluding hydrogens is 292 g/mol. The molecule has 0 heterocycles. The Balaban J connectivity index is 2.02. The van der Waals surface area contributed by atoms with Crippen LogP contribution in [-0.2, 0) is 0 Å². The van der Waals surface area contributed by atoms with Gasteiger partial charge in [-0.1, -0.05) is 84.9 Å². The molecule has 0 aromatic heterocycles. The zero-order valence-electron chi connectivity index (χ0n) is 13.3. The van der Waals surface area contributed by atoms with E-state index >= 15 is 0 Å². The third kappa shape index (κ3) is 2.65. The van der Waals surface area contributed by atoms with E-state index in [-0.39, 0.29) is 5.92 Å². The van der Waals surface area contributed by atoms with E-state index in [1.165, 1.54) is 16.5 Å². The SMILES string of the molecule is Oc1cc(C(c2ccccc2)c2ccccc2)c2ccccc2c1. The van der Waals surface area contributed by atoms with Crippen LogP contribution < -0.4 is 0 Å². The van der Waals surface area contributed by atoms with Gasteiger partial charge in [0.25, 0.3) is 0 Å². The second-order valence-electron chi connectivity index (χ2n) is 6.01. The number of hydrogen-bond acceptors (Lipinski definition) is 1. The third-order valence-corrected chi connectivity index (χ3v) is 4.46. The maximum atomic E-state index is 10.3. The summed E-state index contributed by atoms with van der Waals surface area (Å²) >= 11 is 0. The van der Waals surface area contributed by atoms with Crippen molar-refractivity contribution in [3.8, 4) is 5.75 Å². The van der Waals surface area contributed by atoms with E-state index in [1.807, 2.05) is 36.4 Å². The number of hydrogen-bond donors (Lipinski definition) is 1. The average molecular weight is 310 g/mol. The molecule has 1 heteroatoms. The molecular formula is C23H18O. The molecule has 0 atom stereocenters. The van der Waals surface area contributed by atoms with Crippen molar-refractivity contribution < 1.29 is 5.11 Å². The molecule has 0 aliphatic carbocycles. The first-order valence-electron chi connectivity index (χ1n) is 8.14. The largest absolute Gasteiger partial charge is 0.508 e. The molecule has 1 nitrogen and oxygen atoms in total. The summed E-state index contributed by atoms with van der Waals surface area (Å²) in [4.78, 5) is 0. The van der Waals surface area contributed by atoms with Crippen molar-refractivity contribution >= 4 is 10.8 Å². The summed E-state index contributed by atoms with van der Waals surface area (Å²) in [5, 5.41) is 12.5. The van der Waals surface area contributed by atoms with Crippen LogP contribution in [0.15, 0.2) is 97.1 Å². The fourth-order valence-corrected chi connectivity index (χ4v) is 3.41. The highest BCUT2D eigenvalue weighted by Crippen LogP contribution is 2.38. The maximum absolute atomic E-state index is 10.3. The van der Waals surface area contributed by atoms with Gasteiger partial charge in [0.1, 0.15) is 5.75 Å². The molecule has 4 rings (SSSR count). The first-order valence-corrected chi connectivity index (χ1v) is 8.14. The standard InChI is InChI=1S/C23H18O/c24-20-15-19-13-7-8-14-21(19)22(16-20)23(17-9-3-1-4-10-17)18-11-5-2-6-12-18/h1-16,23-24H. The number of benzene rings is 4. The fourth-order valence-electron chi connectivity index (χ4n) is 3.41. The van der Waals surface area contributed by atoms with Crippen LogP contribution in [0.1, 0.15) is 22.6 Å². The average Bonchev–Trinajstić information content (AvgIpc) is 2.63. The van der Waals surface area contributed by atoms with Crippen molar-refractivity contribution in [3.05, 3.63) is 114 Å². The first kappa shape index (κ1) is 14.5. The Hall–Kier alpha value is -3.06. The molecule has 0 unspecified atom stereocenters. The molecule has 0 amide bonds. The predicted molar refractivity (Wildman–Crippen MR) is 99.4 cm³/mol. The van der Waals surface area contributed by atoms with Crippen LogP contribution in [-0.4, -0.2) is 5.11 Å². The van der Waals surface area contributed by atoms with E-state index in [2.05, 4.69) is 60.7 Å². The van der Waals surface area contributed by atoms with Crippen LogP contribution in [0.2, 0.25) is 0 Å². The Kier molecular flexibility index (Phi) is 3.76. The van der Waals surface area contributed by atoms with Crippen molar-refractivity contribution in [1.82, 2.24) is 0 Å². The van der Waals surface area contributed by atoms with Crippen molar-refractivity contribution in [3.63, 3.8) is 0 Å². The Morgan fingerprint density at radius 3 is 1.75 bits per heavy atom. The van der Waals surface area contributed by atoms with Gasteiger partial charge in [-0.05, 0) is 39.6 Å². The van der Waals surface area contributed by atoms with Crippen LogP contribution in [0.3, 0.4) is 0 Å². The summed E-state index contributed by atoms with van der Waals surface area (Å²) in [6, 6.07) is 32.9. The summed E-state index contributed by atoms with van der Waals surface area (Å²) in [6.07, 6.45) is 0. The van der Waals surface area contributed by atoms with Crippen molar-refractivity contribution in [2.75, 3.05) is 0 Å². The topological polar surface area (TPSA) is 20.2 Å². The molecule has 4 aromatic rings. The minimum atomic E-state index is 0.0874. The van der Waals surface area contributed by atoms with Crippen LogP contribution >= 0.6 is 0 Å². The van der Waals surface area contributed by atoms with E-state index < -0.39 is 0 Å².